The van der Waals surface area contributed by atoms with Crippen LogP contribution in [0.15, 0.2) is 47.7 Å². The van der Waals surface area contributed by atoms with Gasteiger partial charge in [-0.25, -0.2) is 5.43 Å². The predicted octanol–water partition coefficient (Wildman–Crippen LogP) is 2.35. The van der Waals surface area contributed by atoms with Gasteiger partial charge in [-0.3, -0.25) is 5.41 Å². The van der Waals surface area contributed by atoms with Crippen molar-refractivity contribution in [1.82, 2.24) is 10.4 Å². The number of nitrogens with two attached hydrogens (primary N) is 1. The number of guanidine groups is 1. The Balaban J connectivity index is 0.00000161. The number of benzene rings is 1. The van der Waals surface area contributed by atoms with E-state index in [1.165, 1.54) is 11.3 Å². The van der Waals surface area contributed by atoms with E-state index < -0.39 is 0 Å². The van der Waals surface area contributed by atoms with Crippen LogP contribution in [0.2, 0.25) is 0 Å². The molecule has 3 rings (SSSR count). The van der Waals surface area contributed by atoms with Gasteiger partial charge in [-0.1, -0.05) is 30.3 Å². The second kappa shape index (κ2) is 6.45. The molecular weight excluding hydrogens is 286 g/mol. The van der Waals surface area contributed by atoms with Crippen LogP contribution in [0.1, 0.15) is 29.2 Å². The van der Waals surface area contributed by atoms with Crippen LogP contribution in [0.4, 0.5) is 0 Å². The number of H-pyrrole nitrogens is 1. The minimum absolute atomic E-state index is 0. The molecule has 0 amide bonds. The van der Waals surface area contributed by atoms with Crippen LogP contribution in [0.25, 0.3) is 0 Å². The molecule has 0 saturated carbocycles. The molecule has 1 atom stereocenters. The van der Waals surface area contributed by atoms with Crippen molar-refractivity contribution in [3.8, 4) is 0 Å². The number of hydrazone groups is 1. The topological polar surface area (TPSA) is 90.1 Å². The summed E-state index contributed by atoms with van der Waals surface area (Å²) in [6.07, 6.45) is 3.75. The third kappa shape index (κ3) is 3.25. The Hall–Kier alpha value is -2.27. The summed E-state index contributed by atoms with van der Waals surface area (Å²) in [4.78, 5) is 3.28. The van der Waals surface area contributed by atoms with Crippen molar-refractivity contribution in [2.75, 3.05) is 0 Å². The molecule has 0 fully saturated rings. The molecule has 5 N–H and O–H groups in total. The van der Waals surface area contributed by atoms with Crippen molar-refractivity contribution in [3.05, 3.63) is 59.4 Å². The number of fused-ring (bicyclic) bond motifs is 1. The maximum atomic E-state index is 7.23. The van der Waals surface area contributed by atoms with Gasteiger partial charge >= 0.3 is 0 Å². The van der Waals surface area contributed by atoms with E-state index in [0.29, 0.717) is 5.92 Å². The fraction of sp³-hybridized carbons (Fsp3) is 0.200. The van der Waals surface area contributed by atoms with E-state index in [1.54, 1.807) is 0 Å². The minimum atomic E-state index is -0.142. The first-order chi connectivity index (χ1) is 9.74. The molecule has 1 aromatic carbocycles. The second-order valence-corrected chi connectivity index (χ2v) is 4.97. The van der Waals surface area contributed by atoms with Gasteiger partial charge in [0, 0.05) is 17.5 Å². The third-order valence-electron chi connectivity index (χ3n) is 3.62. The molecule has 6 heteroatoms. The van der Waals surface area contributed by atoms with E-state index >= 15 is 0 Å². The quantitative estimate of drug-likeness (QED) is 0.390. The van der Waals surface area contributed by atoms with Gasteiger partial charge in [-0.15, -0.1) is 12.4 Å². The molecule has 0 bridgehead atoms. The van der Waals surface area contributed by atoms with E-state index in [-0.39, 0.29) is 18.4 Å². The number of aromatic amines is 1. The lowest BCUT2D eigenvalue weighted by molar-refractivity contribution is 0.681. The van der Waals surface area contributed by atoms with Crippen molar-refractivity contribution < 1.29 is 0 Å². The molecule has 1 aliphatic rings. The highest BCUT2D eigenvalue weighted by Gasteiger charge is 2.25. The molecular formula is C15H18ClN5. The van der Waals surface area contributed by atoms with E-state index in [2.05, 4.69) is 39.8 Å². The van der Waals surface area contributed by atoms with Crippen LogP contribution >= 0.6 is 12.4 Å². The highest BCUT2D eigenvalue weighted by molar-refractivity contribution is 6.03. The summed E-state index contributed by atoms with van der Waals surface area (Å²) in [5, 5.41) is 11.5. The summed E-state index contributed by atoms with van der Waals surface area (Å²) < 4.78 is 0. The lowest BCUT2D eigenvalue weighted by Gasteiger charge is -2.24. The molecule has 1 aromatic heterocycles. The zero-order valence-corrected chi connectivity index (χ0v) is 12.3. The summed E-state index contributed by atoms with van der Waals surface area (Å²) in [5.41, 5.74) is 12.4. The number of aromatic nitrogens is 1. The van der Waals surface area contributed by atoms with Gasteiger partial charge < -0.3 is 10.7 Å². The first-order valence-electron chi connectivity index (χ1n) is 6.62. The van der Waals surface area contributed by atoms with Crippen molar-refractivity contribution >= 4 is 24.1 Å². The zero-order chi connectivity index (χ0) is 13.9. The summed E-state index contributed by atoms with van der Waals surface area (Å²) in [6.45, 7) is 0. The molecule has 0 radical (unpaired) electrons. The largest absolute Gasteiger partial charge is 0.369 e. The SMILES string of the molecule is Cl.N=C(N)N/N=C1\CC(c2ccccc2)Cc2[nH]ccc21. The number of nitrogens with zero attached hydrogens (tertiary/aromatic N) is 1. The smallest absolute Gasteiger partial charge is 0.206 e. The number of nitrogens with one attached hydrogen (secondary N) is 3. The normalized spacial score (nSPS) is 18.7. The summed E-state index contributed by atoms with van der Waals surface area (Å²) in [7, 11) is 0. The van der Waals surface area contributed by atoms with E-state index in [1.807, 2.05) is 18.3 Å². The van der Waals surface area contributed by atoms with Gasteiger partial charge in [-0.05, 0) is 30.4 Å². The molecule has 5 nitrogen and oxygen atoms in total. The highest BCUT2D eigenvalue weighted by atomic mass is 35.5. The van der Waals surface area contributed by atoms with Gasteiger partial charge in [0.05, 0.1) is 5.71 Å². The predicted molar refractivity (Wildman–Crippen MR) is 87.1 cm³/mol. The Bertz CT molecular complexity index is 647. The number of hydrogen-bond donors (Lipinski definition) is 4. The zero-order valence-electron chi connectivity index (χ0n) is 11.5. The minimum Gasteiger partial charge on any atom is -0.369 e. The molecule has 1 unspecified atom stereocenters. The Labute approximate surface area is 129 Å². The monoisotopic (exact) mass is 303 g/mol. The second-order valence-electron chi connectivity index (χ2n) is 4.97. The van der Waals surface area contributed by atoms with Crippen molar-refractivity contribution in [3.63, 3.8) is 0 Å². The van der Waals surface area contributed by atoms with Gasteiger partial charge in [-0.2, -0.15) is 5.10 Å². The van der Waals surface area contributed by atoms with Crippen molar-refractivity contribution in [1.29, 1.82) is 5.41 Å². The van der Waals surface area contributed by atoms with Crippen LogP contribution in [-0.2, 0) is 6.42 Å². The lowest BCUT2D eigenvalue weighted by atomic mass is 9.82. The fourth-order valence-corrected chi connectivity index (χ4v) is 2.70. The Kier molecular flexibility index (Phi) is 4.65. The Morgan fingerprint density at radius 1 is 1.24 bits per heavy atom. The van der Waals surface area contributed by atoms with Gasteiger partial charge in [0.25, 0.3) is 0 Å². The third-order valence-corrected chi connectivity index (χ3v) is 3.62. The van der Waals surface area contributed by atoms with Crippen LogP contribution in [0.5, 0.6) is 0 Å². The van der Waals surface area contributed by atoms with E-state index in [9.17, 15) is 0 Å². The number of hydrogen-bond acceptors (Lipinski definition) is 2. The molecule has 0 spiro atoms. The average Bonchev–Trinajstić information content (AvgIpc) is 2.94. The maximum absolute atomic E-state index is 7.23. The highest BCUT2D eigenvalue weighted by Crippen LogP contribution is 2.32. The standard InChI is InChI=1S/C15H17N5.ClH/c16-15(17)20-19-14-9-11(10-4-2-1-3-5-10)8-13-12(14)6-7-18-13;/h1-7,11,18H,8-9H2,(H4,16,17,20);1H/b19-14+;. The van der Waals surface area contributed by atoms with Gasteiger partial charge in [0.15, 0.2) is 0 Å². The molecule has 0 saturated heterocycles. The van der Waals surface area contributed by atoms with Gasteiger partial charge in [0.2, 0.25) is 5.96 Å². The van der Waals surface area contributed by atoms with Crippen LogP contribution in [-0.4, -0.2) is 16.7 Å². The summed E-state index contributed by atoms with van der Waals surface area (Å²) in [5.74, 6) is 0.256. The Morgan fingerprint density at radius 2 is 2.00 bits per heavy atom. The molecule has 1 aliphatic carbocycles. The Morgan fingerprint density at radius 3 is 2.71 bits per heavy atom. The fourth-order valence-electron chi connectivity index (χ4n) is 2.70. The lowest BCUT2D eigenvalue weighted by Crippen LogP contribution is -2.28. The first-order valence-corrected chi connectivity index (χ1v) is 6.62. The summed E-state index contributed by atoms with van der Waals surface area (Å²) in [6, 6.07) is 12.5. The molecule has 0 aliphatic heterocycles. The van der Waals surface area contributed by atoms with Crippen LogP contribution < -0.4 is 11.2 Å². The molecule has 21 heavy (non-hydrogen) atoms. The summed E-state index contributed by atoms with van der Waals surface area (Å²) >= 11 is 0. The number of rotatable bonds is 2. The average molecular weight is 304 g/mol. The van der Waals surface area contributed by atoms with E-state index in [0.717, 1.165) is 24.1 Å². The first kappa shape index (κ1) is 15.1. The van der Waals surface area contributed by atoms with Crippen molar-refractivity contribution in [2.24, 2.45) is 10.8 Å². The van der Waals surface area contributed by atoms with Crippen molar-refractivity contribution in [2.45, 2.75) is 18.8 Å². The van der Waals surface area contributed by atoms with Crippen LogP contribution in [0.3, 0.4) is 0 Å². The molecule has 110 valence electrons. The van der Waals surface area contributed by atoms with Crippen LogP contribution in [0, 0.1) is 5.41 Å². The van der Waals surface area contributed by atoms with E-state index in [4.69, 9.17) is 11.1 Å². The molecule has 2 aromatic rings. The maximum Gasteiger partial charge on any atom is 0.206 e. The molecule has 1 heterocycles. The number of halogens is 1. The van der Waals surface area contributed by atoms with Gasteiger partial charge in [0.1, 0.15) is 0 Å².